The van der Waals surface area contributed by atoms with Gasteiger partial charge in [-0.1, -0.05) is 12.8 Å². The van der Waals surface area contributed by atoms with Crippen molar-refractivity contribution in [3.05, 3.63) is 82.8 Å². The lowest BCUT2D eigenvalue weighted by Gasteiger charge is -2.36. The average molecular weight is 695 g/mol. The van der Waals surface area contributed by atoms with Crippen molar-refractivity contribution in [1.82, 2.24) is 19.8 Å². The van der Waals surface area contributed by atoms with Crippen LogP contribution in [-0.4, -0.2) is 65.6 Å². The lowest BCUT2D eigenvalue weighted by atomic mass is 9.85. The maximum Gasteiger partial charge on any atom is 0.259 e. The van der Waals surface area contributed by atoms with Gasteiger partial charge in [-0.05, 0) is 110 Å². The second kappa shape index (κ2) is 15.2. The summed E-state index contributed by atoms with van der Waals surface area (Å²) >= 11 is 0. The highest BCUT2D eigenvalue weighted by Gasteiger charge is 2.27. The molecule has 3 fully saturated rings. The van der Waals surface area contributed by atoms with Crippen LogP contribution in [0.3, 0.4) is 0 Å². The number of hydrogen-bond donors (Lipinski definition) is 2. The van der Waals surface area contributed by atoms with E-state index in [9.17, 15) is 14.4 Å². The van der Waals surface area contributed by atoms with E-state index in [2.05, 4.69) is 37.6 Å². The molecule has 4 aromatic rings. The number of nitrogens with zero attached hydrogens (tertiary/aromatic N) is 4. The Morgan fingerprint density at radius 2 is 1.63 bits per heavy atom. The molecule has 2 aromatic carbocycles. The molecule has 5 heterocycles. The van der Waals surface area contributed by atoms with Crippen LogP contribution in [-0.2, 0) is 23.2 Å². The van der Waals surface area contributed by atoms with Gasteiger partial charge in [-0.15, -0.1) is 0 Å². The van der Waals surface area contributed by atoms with Crippen LogP contribution in [0, 0.1) is 17.7 Å². The summed E-state index contributed by atoms with van der Waals surface area (Å²) in [7, 11) is 3.28. The van der Waals surface area contributed by atoms with Crippen LogP contribution in [0.5, 0.6) is 5.75 Å². The number of rotatable bonds is 10. The molecule has 1 unspecified atom stereocenters. The molecule has 0 saturated carbocycles. The number of hydrogen-bond acceptors (Lipinski definition) is 8. The van der Waals surface area contributed by atoms with Gasteiger partial charge < -0.3 is 19.5 Å². The first-order chi connectivity index (χ1) is 24.7. The van der Waals surface area contributed by atoms with Crippen LogP contribution in [0.25, 0.3) is 21.9 Å². The fourth-order valence-corrected chi connectivity index (χ4v) is 8.05. The van der Waals surface area contributed by atoms with Crippen molar-refractivity contribution in [1.29, 1.82) is 0 Å². The summed E-state index contributed by atoms with van der Waals surface area (Å²) in [6.07, 6.45) is 13.0. The first-order valence-electron chi connectivity index (χ1n) is 18.2. The Morgan fingerprint density at radius 3 is 2.31 bits per heavy atom. The first-order valence-corrected chi connectivity index (χ1v) is 18.2. The van der Waals surface area contributed by atoms with Crippen molar-refractivity contribution in [2.45, 2.75) is 64.0 Å². The van der Waals surface area contributed by atoms with E-state index in [-0.39, 0.29) is 29.2 Å². The van der Waals surface area contributed by atoms with E-state index in [4.69, 9.17) is 4.74 Å². The number of pyridine rings is 2. The van der Waals surface area contributed by atoms with E-state index in [0.717, 1.165) is 61.6 Å². The van der Waals surface area contributed by atoms with E-state index < -0.39 is 0 Å². The van der Waals surface area contributed by atoms with Crippen LogP contribution < -0.4 is 25.8 Å². The van der Waals surface area contributed by atoms with Gasteiger partial charge in [0.15, 0.2) is 0 Å². The van der Waals surface area contributed by atoms with E-state index >= 15 is 4.39 Å². The van der Waals surface area contributed by atoms with Gasteiger partial charge in [-0.3, -0.25) is 29.6 Å². The Hall–Kier alpha value is -4.77. The number of methoxy groups -OCH3 is 1. The van der Waals surface area contributed by atoms with Gasteiger partial charge in [0, 0.05) is 74.2 Å². The Morgan fingerprint density at radius 1 is 0.922 bits per heavy atom. The Kier molecular flexibility index (Phi) is 10.4. The zero-order valence-corrected chi connectivity index (χ0v) is 29.5. The second-order valence-corrected chi connectivity index (χ2v) is 14.4. The monoisotopic (exact) mass is 694 g/mol. The molecule has 2 amide bonds. The highest BCUT2D eigenvalue weighted by Crippen LogP contribution is 2.35. The van der Waals surface area contributed by atoms with Crippen LogP contribution in [0.15, 0.2) is 65.8 Å². The number of imide groups is 1. The molecule has 1 atom stereocenters. The number of anilines is 2. The molecule has 51 heavy (non-hydrogen) atoms. The number of aryl methyl sites for hydroxylation is 1. The number of benzene rings is 2. The largest absolute Gasteiger partial charge is 0.496 e. The third-order valence-corrected chi connectivity index (χ3v) is 11.2. The standard InChI is InChI=1S/C40H47FN6O4/c1-45-24-33(31-11-16-42-23-32(31)40(45)50)28-21-35(41)34(37(22-28)51-2)25-46-17-12-26(13-18-46)3-4-27-14-19-47(20-15-27)30-7-5-29(6-8-30)43-36-9-10-38(48)44-39(36)49/h5-8,11,16,21-24,26-27,36,43H,3-4,9-10,12-15,17-20,25H2,1-2H3,(H,44,48,49). The first kappa shape index (κ1) is 34.7. The summed E-state index contributed by atoms with van der Waals surface area (Å²) in [5.41, 5.74) is 3.96. The smallest absolute Gasteiger partial charge is 0.259 e. The summed E-state index contributed by atoms with van der Waals surface area (Å²) in [5, 5.41) is 6.89. The topological polar surface area (TPSA) is 109 Å². The Labute approximate surface area is 298 Å². The molecule has 0 spiro atoms. The fraction of sp³-hybridized carbons (Fsp3) is 0.450. The highest BCUT2D eigenvalue weighted by molar-refractivity contribution is 6.01. The second-order valence-electron chi connectivity index (χ2n) is 14.4. The number of ether oxygens (including phenoxy) is 1. The van der Waals surface area contributed by atoms with Gasteiger partial charge in [0.25, 0.3) is 5.56 Å². The van der Waals surface area contributed by atoms with E-state index in [0.29, 0.717) is 47.6 Å². The van der Waals surface area contributed by atoms with Gasteiger partial charge in [0.1, 0.15) is 17.6 Å². The minimum Gasteiger partial charge on any atom is -0.496 e. The summed E-state index contributed by atoms with van der Waals surface area (Å²) in [6.45, 7) is 4.49. The number of fused-ring (bicyclic) bond motifs is 1. The molecular formula is C40H47FN6O4. The number of carbonyl (C=O) groups excluding carboxylic acids is 2. The Bertz CT molecular complexity index is 1950. The molecule has 0 bridgehead atoms. The average Bonchev–Trinajstić information content (AvgIpc) is 3.15. The van der Waals surface area contributed by atoms with Crippen molar-refractivity contribution in [2.75, 3.05) is 43.5 Å². The van der Waals surface area contributed by atoms with E-state index in [1.165, 1.54) is 35.9 Å². The normalized spacial score (nSPS) is 19.4. The van der Waals surface area contributed by atoms with Crippen LogP contribution >= 0.6 is 0 Å². The molecule has 3 aliphatic heterocycles. The summed E-state index contributed by atoms with van der Waals surface area (Å²) < 4.78 is 23.0. The van der Waals surface area contributed by atoms with Gasteiger partial charge in [-0.25, -0.2) is 4.39 Å². The quantitative estimate of drug-likeness (QED) is 0.199. The number of piperidine rings is 3. The molecule has 3 aliphatic rings. The number of carbonyl (C=O) groups is 2. The number of amides is 2. The van der Waals surface area contributed by atoms with E-state index in [1.807, 2.05) is 18.2 Å². The minimum absolute atomic E-state index is 0.137. The van der Waals surface area contributed by atoms with Crippen molar-refractivity contribution < 1.29 is 18.7 Å². The molecule has 2 N–H and O–H groups in total. The summed E-state index contributed by atoms with van der Waals surface area (Å²) in [6, 6.07) is 13.1. The molecule has 0 radical (unpaired) electrons. The third-order valence-electron chi connectivity index (χ3n) is 11.2. The zero-order chi connectivity index (χ0) is 35.5. The van der Waals surface area contributed by atoms with Crippen LogP contribution in [0.4, 0.5) is 15.8 Å². The van der Waals surface area contributed by atoms with Crippen molar-refractivity contribution in [3.8, 4) is 16.9 Å². The predicted octanol–water partition coefficient (Wildman–Crippen LogP) is 5.87. The van der Waals surface area contributed by atoms with Crippen molar-refractivity contribution >= 4 is 34.0 Å². The highest BCUT2D eigenvalue weighted by atomic mass is 19.1. The number of halogens is 1. The lowest BCUT2D eigenvalue weighted by Crippen LogP contribution is -2.47. The number of aromatic nitrogens is 2. The molecule has 10 nitrogen and oxygen atoms in total. The van der Waals surface area contributed by atoms with Gasteiger partial charge in [0.2, 0.25) is 11.8 Å². The maximum absolute atomic E-state index is 15.8. The molecule has 2 aromatic heterocycles. The SMILES string of the molecule is COc1cc(-c2cn(C)c(=O)c3cnccc23)cc(F)c1CN1CCC(CCC2CCN(c3ccc(NC4CCC(=O)NC4=O)cc3)CC2)CC1. The van der Waals surface area contributed by atoms with Gasteiger partial charge in [0.05, 0.1) is 12.5 Å². The van der Waals surface area contributed by atoms with Gasteiger partial charge >= 0.3 is 0 Å². The number of likely N-dealkylation sites (tertiary alicyclic amines) is 1. The van der Waals surface area contributed by atoms with Gasteiger partial charge in [-0.2, -0.15) is 0 Å². The third kappa shape index (κ3) is 7.78. The summed E-state index contributed by atoms with van der Waals surface area (Å²) in [5.74, 6) is 1.21. The Balaban J connectivity index is 0.873. The molecule has 268 valence electrons. The molecule has 3 saturated heterocycles. The van der Waals surface area contributed by atoms with Crippen LogP contribution in [0.2, 0.25) is 0 Å². The molecule has 11 heteroatoms. The predicted molar refractivity (Wildman–Crippen MR) is 197 cm³/mol. The number of nitrogens with one attached hydrogen (secondary N) is 2. The molecule has 0 aliphatic carbocycles. The molecule has 7 rings (SSSR count). The maximum atomic E-state index is 15.8. The van der Waals surface area contributed by atoms with Crippen molar-refractivity contribution in [2.24, 2.45) is 18.9 Å². The molecular weight excluding hydrogens is 647 g/mol. The van der Waals surface area contributed by atoms with Crippen molar-refractivity contribution in [3.63, 3.8) is 0 Å². The minimum atomic E-state index is -0.374. The summed E-state index contributed by atoms with van der Waals surface area (Å²) in [4.78, 5) is 45.1. The fourth-order valence-electron chi connectivity index (χ4n) is 8.05. The zero-order valence-electron chi connectivity index (χ0n) is 29.5. The van der Waals surface area contributed by atoms with Crippen LogP contribution in [0.1, 0.15) is 56.9 Å². The lowest BCUT2D eigenvalue weighted by molar-refractivity contribution is -0.133. The van der Waals surface area contributed by atoms with E-state index in [1.54, 1.807) is 44.9 Å².